The van der Waals surface area contributed by atoms with Gasteiger partial charge in [-0.15, -0.1) is 0 Å². The number of aromatic nitrogens is 2. The fraction of sp³-hybridized carbons (Fsp3) is 0.529. The number of H-pyrrole nitrogens is 1. The molecule has 2 N–H and O–H groups in total. The Labute approximate surface area is 136 Å². The first-order valence-corrected chi connectivity index (χ1v) is 8.33. The molecule has 0 aliphatic carbocycles. The summed E-state index contributed by atoms with van der Waals surface area (Å²) in [4.78, 5) is 21.5. The molecule has 23 heavy (non-hydrogen) atoms. The van der Waals surface area contributed by atoms with Crippen molar-refractivity contribution in [2.75, 3.05) is 19.6 Å². The number of aromatic amines is 1. The minimum absolute atomic E-state index is 0.165. The van der Waals surface area contributed by atoms with Crippen molar-refractivity contribution < 1.29 is 9.21 Å². The molecule has 1 aliphatic heterocycles. The maximum absolute atomic E-state index is 12.1. The van der Waals surface area contributed by atoms with E-state index in [1.165, 1.54) is 19.3 Å². The molecule has 6 nitrogen and oxygen atoms in total. The van der Waals surface area contributed by atoms with E-state index in [-0.39, 0.29) is 11.9 Å². The van der Waals surface area contributed by atoms with Crippen LogP contribution in [0, 0.1) is 0 Å². The predicted molar refractivity (Wildman–Crippen MR) is 87.2 cm³/mol. The summed E-state index contributed by atoms with van der Waals surface area (Å²) in [7, 11) is 0. The molecule has 124 valence electrons. The topological polar surface area (TPSA) is 74.2 Å². The highest BCUT2D eigenvalue weighted by atomic mass is 16.4. The highest BCUT2D eigenvalue weighted by Crippen LogP contribution is 2.25. The molecule has 0 saturated carbocycles. The molecule has 0 bridgehead atoms. The van der Waals surface area contributed by atoms with Crippen LogP contribution in [0.4, 0.5) is 0 Å². The zero-order chi connectivity index (χ0) is 16.1. The van der Waals surface area contributed by atoms with Crippen molar-refractivity contribution in [2.24, 2.45) is 0 Å². The van der Waals surface area contributed by atoms with Crippen LogP contribution in [-0.2, 0) is 6.42 Å². The van der Waals surface area contributed by atoms with Crippen LogP contribution >= 0.6 is 0 Å². The smallest absolute Gasteiger partial charge is 0.287 e. The molecule has 2 aromatic rings. The second kappa shape index (κ2) is 7.46. The molecule has 6 heteroatoms. The van der Waals surface area contributed by atoms with Gasteiger partial charge in [0.2, 0.25) is 0 Å². The Kier molecular flexibility index (Phi) is 5.12. The molecule has 1 unspecified atom stereocenters. The van der Waals surface area contributed by atoms with Gasteiger partial charge in [0, 0.05) is 24.9 Å². The summed E-state index contributed by atoms with van der Waals surface area (Å²) in [6.07, 6.45) is 7.92. The molecule has 3 heterocycles. The molecule has 1 saturated heterocycles. The van der Waals surface area contributed by atoms with Gasteiger partial charge >= 0.3 is 0 Å². The van der Waals surface area contributed by atoms with E-state index < -0.39 is 0 Å². The van der Waals surface area contributed by atoms with Gasteiger partial charge in [0.25, 0.3) is 5.91 Å². The van der Waals surface area contributed by atoms with Crippen molar-refractivity contribution in [3.63, 3.8) is 0 Å². The van der Waals surface area contributed by atoms with Crippen LogP contribution in [0.3, 0.4) is 0 Å². The van der Waals surface area contributed by atoms with E-state index in [1.807, 2.05) is 6.07 Å². The van der Waals surface area contributed by atoms with Crippen molar-refractivity contribution in [3.05, 3.63) is 41.9 Å². The Morgan fingerprint density at radius 2 is 2.22 bits per heavy atom. The largest absolute Gasteiger partial charge is 0.454 e. The maximum atomic E-state index is 12.1. The van der Waals surface area contributed by atoms with Gasteiger partial charge in [0.1, 0.15) is 5.76 Å². The summed E-state index contributed by atoms with van der Waals surface area (Å²) in [6, 6.07) is 3.91. The Morgan fingerprint density at radius 1 is 1.39 bits per heavy atom. The molecule has 3 rings (SSSR count). The van der Waals surface area contributed by atoms with Crippen LogP contribution in [0.2, 0.25) is 0 Å². The monoisotopic (exact) mass is 316 g/mol. The van der Waals surface area contributed by atoms with Crippen LogP contribution in [0.15, 0.2) is 29.1 Å². The number of piperidine rings is 1. The van der Waals surface area contributed by atoms with E-state index in [1.54, 1.807) is 18.6 Å². The molecule has 1 aliphatic rings. The van der Waals surface area contributed by atoms with Gasteiger partial charge in [-0.2, -0.15) is 0 Å². The Balaban J connectivity index is 1.52. The third kappa shape index (κ3) is 4.01. The van der Waals surface area contributed by atoms with Gasteiger partial charge in [-0.05, 0) is 45.0 Å². The van der Waals surface area contributed by atoms with Crippen LogP contribution in [0.5, 0.6) is 0 Å². The second-order valence-corrected chi connectivity index (χ2v) is 6.06. The third-order valence-corrected chi connectivity index (χ3v) is 4.44. The predicted octanol–water partition coefficient (Wildman–Crippen LogP) is 2.52. The quantitative estimate of drug-likeness (QED) is 0.859. The Hall–Kier alpha value is -2.08. The zero-order valence-corrected chi connectivity index (χ0v) is 13.5. The molecule has 2 aromatic heterocycles. The summed E-state index contributed by atoms with van der Waals surface area (Å²) >= 11 is 0. The molecule has 0 spiro atoms. The summed E-state index contributed by atoms with van der Waals surface area (Å²) in [5.41, 5.74) is 1.00. The van der Waals surface area contributed by atoms with Crippen molar-refractivity contribution in [1.29, 1.82) is 0 Å². The highest BCUT2D eigenvalue weighted by Gasteiger charge is 2.22. The third-order valence-electron chi connectivity index (χ3n) is 4.44. The molecular formula is C17H24N4O2. The van der Waals surface area contributed by atoms with Crippen molar-refractivity contribution >= 4 is 5.91 Å². The lowest BCUT2D eigenvalue weighted by Crippen LogP contribution is -2.32. The number of carbonyl (C=O) groups is 1. The van der Waals surface area contributed by atoms with Gasteiger partial charge in [-0.1, -0.05) is 6.42 Å². The number of likely N-dealkylation sites (tertiary alicyclic amines) is 1. The lowest BCUT2D eigenvalue weighted by Gasteiger charge is -2.31. The number of nitrogens with one attached hydrogen (secondary N) is 2. The number of carbonyl (C=O) groups excluding carboxylic acids is 1. The molecular weight excluding hydrogens is 292 g/mol. The first kappa shape index (κ1) is 15.8. The van der Waals surface area contributed by atoms with E-state index in [2.05, 4.69) is 27.1 Å². The van der Waals surface area contributed by atoms with E-state index in [4.69, 9.17) is 4.42 Å². The lowest BCUT2D eigenvalue weighted by molar-refractivity contribution is 0.0917. The number of hydrogen-bond acceptors (Lipinski definition) is 4. The minimum atomic E-state index is -0.165. The first-order chi connectivity index (χ1) is 11.2. The number of furan rings is 1. The van der Waals surface area contributed by atoms with Crippen LogP contribution in [0.1, 0.15) is 54.2 Å². The summed E-state index contributed by atoms with van der Waals surface area (Å²) in [6.45, 7) is 4.91. The Bertz CT molecular complexity index is 614. The van der Waals surface area contributed by atoms with Gasteiger partial charge < -0.3 is 14.7 Å². The fourth-order valence-electron chi connectivity index (χ4n) is 3.00. The number of rotatable bonds is 6. The van der Waals surface area contributed by atoms with Crippen LogP contribution < -0.4 is 5.32 Å². The van der Waals surface area contributed by atoms with Crippen molar-refractivity contribution in [1.82, 2.24) is 20.2 Å². The minimum Gasteiger partial charge on any atom is -0.454 e. The SMILES string of the molecule is CC(c1ccc(C(=O)NCCc2cnc[nH]2)o1)N1CCCCC1. The average Bonchev–Trinajstić information content (AvgIpc) is 3.26. The molecule has 0 aromatic carbocycles. The van der Waals surface area contributed by atoms with Gasteiger partial charge in [0.15, 0.2) is 5.76 Å². The van der Waals surface area contributed by atoms with Gasteiger partial charge in [0.05, 0.1) is 12.4 Å². The van der Waals surface area contributed by atoms with Crippen LogP contribution in [0.25, 0.3) is 0 Å². The zero-order valence-electron chi connectivity index (χ0n) is 13.5. The molecule has 1 atom stereocenters. The number of hydrogen-bond donors (Lipinski definition) is 2. The standard InChI is InChI=1S/C17H24N4O2/c1-13(21-9-3-2-4-10-21)15-5-6-16(23-15)17(22)19-8-7-14-11-18-12-20-14/h5-6,11-13H,2-4,7-10H2,1H3,(H,18,20)(H,19,22). The molecule has 1 amide bonds. The first-order valence-electron chi connectivity index (χ1n) is 8.33. The van der Waals surface area contributed by atoms with E-state index in [0.29, 0.717) is 12.3 Å². The van der Waals surface area contributed by atoms with Gasteiger partial charge in [-0.3, -0.25) is 9.69 Å². The lowest BCUT2D eigenvalue weighted by atomic mass is 10.1. The van der Waals surface area contributed by atoms with E-state index >= 15 is 0 Å². The van der Waals surface area contributed by atoms with Crippen molar-refractivity contribution in [2.45, 2.75) is 38.6 Å². The number of amides is 1. The average molecular weight is 316 g/mol. The Morgan fingerprint density at radius 3 is 2.96 bits per heavy atom. The second-order valence-electron chi connectivity index (χ2n) is 6.06. The number of imidazole rings is 1. The summed E-state index contributed by atoms with van der Waals surface area (Å²) < 4.78 is 5.77. The van der Waals surface area contributed by atoms with Crippen LogP contribution in [-0.4, -0.2) is 40.4 Å². The normalized spacial score (nSPS) is 17.1. The van der Waals surface area contributed by atoms with Gasteiger partial charge in [-0.25, -0.2) is 4.98 Å². The summed E-state index contributed by atoms with van der Waals surface area (Å²) in [5, 5.41) is 2.87. The number of nitrogens with zero attached hydrogens (tertiary/aromatic N) is 2. The maximum Gasteiger partial charge on any atom is 0.287 e. The molecule has 1 fully saturated rings. The van der Waals surface area contributed by atoms with E-state index in [0.717, 1.165) is 31.0 Å². The van der Waals surface area contributed by atoms with Crippen molar-refractivity contribution in [3.8, 4) is 0 Å². The summed E-state index contributed by atoms with van der Waals surface area (Å²) in [5.74, 6) is 1.08. The highest BCUT2D eigenvalue weighted by molar-refractivity contribution is 5.91. The molecule has 0 radical (unpaired) electrons. The van der Waals surface area contributed by atoms with E-state index in [9.17, 15) is 4.79 Å². The fourth-order valence-corrected chi connectivity index (χ4v) is 3.00.